The van der Waals surface area contributed by atoms with Crippen LogP contribution in [0.3, 0.4) is 0 Å². The second kappa shape index (κ2) is 8.10. The first-order valence-corrected chi connectivity index (χ1v) is 11.2. The summed E-state index contributed by atoms with van der Waals surface area (Å²) in [6, 6.07) is 14.6. The monoisotopic (exact) mass is 422 g/mol. The van der Waals surface area contributed by atoms with Crippen LogP contribution in [-0.4, -0.2) is 32.2 Å². The van der Waals surface area contributed by atoms with Gasteiger partial charge in [-0.15, -0.1) is 11.3 Å². The largest absolute Gasteiger partial charge is 0.392 e. The van der Waals surface area contributed by atoms with E-state index in [0.717, 1.165) is 34.5 Å². The minimum atomic E-state index is 0.0676. The van der Waals surface area contributed by atoms with Gasteiger partial charge in [0.15, 0.2) is 0 Å². The van der Waals surface area contributed by atoms with Crippen LogP contribution in [0.4, 0.5) is 5.95 Å². The second-order valence-corrected chi connectivity index (χ2v) is 10.5. The van der Waals surface area contributed by atoms with Crippen LogP contribution in [0, 0.1) is 0 Å². The molecule has 0 amide bonds. The number of nitrogens with zero attached hydrogens (tertiary/aromatic N) is 2. The Bertz CT molecular complexity index is 994. The molecular formula is C24H30N4OS. The van der Waals surface area contributed by atoms with Crippen molar-refractivity contribution in [1.82, 2.24) is 15.3 Å². The maximum absolute atomic E-state index is 9.23. The van der Waals surface area contributed by atoms with Crippen molar-refractivity contribution in [3.63, 3.8) is 0 Å². The number of hydrogen-bond acceptors (Lipinski definition) is 6. The maximum Gasteiger partial charge on any atom is 0.223 e. The summed E-state index contributed by atoms with van der Waals surface area (Å²) >= 11 is 1.72. The van der Waals surface area contributed by atoms with Gasteiger partial charge in [-0.2, -0.15) is 0 Å². The number of rotatable bonds is 5. The van der Waals surface area contributed by atoms with Crippen LogP contribution in [0.5, 0.6) is 0 Å². The van der Waals surface area contributed by atoms with Crippen LogP contribution in [-0.2, 0) is 6.61 Å². The summed E-state index contributed by atoms with van der Waals surface area (Å²) in [5.74, 6) is 0.688. The van der Waals surface area contributed by atoms with Crippen molar-refractivity contribution in [1.29, 1.82) is 0 Å². The van der Waals surface area contributed by atoms with E-state index in [1.807, 2.05) is 24.4 Å². The Kier molecular flexibility index (Phi) is 5.66. The van der Waals surface area contributed by atoms with Crippen LogP contribution in [0.25, 0.3) is 21.0 Å². The highest BCUT2D eigenvalue weighted by Crippen LogP contribution is 2.34. The van der Waals surface area contributed by atoms with E-state index in [4.69, 9.17) is 4.98 Å². The number of thiophene rings is 1. The maximum atomic E-state index is 9.23. The number of nitrogens with one attached hydrogen (secondary N) is 2. The number of aliphatic hydroxyl groups is 1. The fourth-order valence-corrected chi connectivity index (χ4v) is 5.56. The fourth-order valence-electron chi connectivity index (χ4n) is 4.58. The highest BCUT2D eigenvalue weighted by Gasteiger charge is 2.37. The van der Waals surface area contributed by atoms with Gasteiger partial charge in [-0.05, 0) is 69.9 Å². The second-order valence-electron chi connectivity index (χ2n) is 9.43. The zero-order valence-electron chi connectivity index (χ0n) is 18.1. The highest BCUT2D eigenvalue weighted by molar-refractivity contribution is 7.18. The third kappa shape index (κ3) is 4.89. The standard InChI is InChI=1S/C24H30N4OS/c1-23(2)13-18(14-24(3,4)28-23)26-22-25-12-11-19(27-22)21-10-9-20(30-21)17-7-5-16(15-29)6-8-17/h5-12,18,28-29H,13-15H2,1-4H3,(H,25,26,27). The highest BCUT2D eigenvalue weighted by atomic mass is 32.1. The molecule has 3 heterocycles. The summed E-state index contributed by atoms with van der Waals surface area (Å²) in [5, 5.41) is 16.5. The lowest BCUT2D eigenvalue weighted by molar-refractivity contribution is 0.170. The van der Waals surface area contributed by atoms with Crippen molar-refractivity contribution >= 4 is 17.3 Å². The molecule has 1 aliphatic rings. The Morgan fingerprint density at radius 1 is 1.00 bits per heavy atom. The molecule has 0 atom stereocenters. The predicted molar refractivity (Wildman–Crippen MR) is 125 cm³/mol. The van der Waals surface area contributed by atoms with Crippen molar-refractivity contribution in [2.45, 2.75) is 64.3 Å². The smallest absolute Gasteiger partial charge is 0.223 e. The van der Waals surface area contributed by atoms with Gasteiger partial charge in [0.1, 0.15) is 0 Å². The minimum Gasteiger partial charge on any atom is -0.392 e. The van der Waals surface area contributed by atoms with Crippen LogP contribution >= 0.6 is 11.3 Å². The fraction of sp³-hybridized carbons (Fsp3) is 0.417. The van der Waals surface area contributed by atoms with Crippen molar-refractivity contribution in [3.05, 3.63) is 54.2 Å². The molecule has 4 rings (SSSR count). The van der Waals surface area contributed by atoms with Gasteiger partial charge in [-0.25, -0.2) is 9.97 Å². The van der Waals surface area contributed by atoms with Crippen molar-refractivity contribution < 1.29 is 5.11 Å². The summed E-state index contributed by atoms with van der Waals surface area (Å²) in [6.45, 7) is 9.07. The summed E-state index contributed by atoms with van der Waals surface area (Å²) in [5.41, 5.74) is 3.15. The molecule has 1 saturated heterocycles. The lowest BCUT2D eigenvalue weighted by Gasteiger charge is -2.46. The van der Waals surface area contributed by atoms with Crippen LogP contribution in [0.2, 0.25) is 0 Å². The summed E-state index contributed by atoms with van der Waals surface area (Å²) < 4.78 is 0. The van der Waals surface area contributed by atoms with E-state index in [9.17, 15) is 5.11 Å². The topological polar surface area (TPSA) is 70.1 Å². The molecule has 0 bridgehead atoms. The Balaban J connectivity index is 1.52. The lowest BCUT2D eigenvalue weighted by atomic mass is 9.80. The molecule has 1 aromatic carbocycles. The molecule has 3 aromatic rings. The summed E-state index contributed by atoms with van der Waals surface area (Å²) in [7, 11) is 0. The Morgan fingerprint density at radius 3 is 2.33 bits per heavy atom. The molecule has 0 saturated carbocycles. The van der Waals surface area contributed by atoms with Gasteiger partial charge < -0.3 is 15.7 Å². The van der Waals surface area contributed by atoms with E-state index in [1.54, 1.807) is 11.3 Å². The van der Waals surface area contributed by atoms with Gasteiger partial charge in [0.2, 0.25) is 5.95 Å². The van der Waals surface area contributed by atoms with E-state index in [1.165, 1.54) is 4.88 Å². The number of aromatic nitrogens is 2. The third-order valence-electron chi connectivity index (χ3n) is 5.46. The van der Waals surface area contributed by atoms with Crippen LogP contribution in [0.1, 0.15) is 46.1 Å². The number of piperidine rings is 1. The minimum absolute atomic E-state index is 0.0676. The van der Waals surface area contributed by atoms with E-state index in [-0.39, 0.29) is 17.7 Å². The number of aliphatic hydroxyl groups excluding tert-OH is 1. The Labute approximate surface area is 182 Å². The first-order chi connectivity index (χ1) is 14.2. The Morgan fingerprint density at radius 2 is 1.67 bits per heavy atom. The normalized spacial score (nSPS) is 18.3. The molecule has 5 nitrogen and oxygen atoms in total. The number of anilines is 1. The molecule has 6 heteroatoms. The molecule has 3 N–H and O–H groups in total. The SMILES string of the molecule is CC1(C)CC(Nc2nccc(-c3ccc(-c4ccc(CO)cc4)s3)n2)CC(C)(C)N1. The zero-order valence-corrected chi connectivity index (χ0v) is 18.9. The molecular weight excluding hydrogens is 392 g/mol. The molecule has 0 aliphatic carbocycles. The van der Waals surface area contributed by atoms with E-state index >= 15 is 0 Å². The quantitative estimate of drug-likeness (QED) is 0.535. The van der Waals surface area contributed by atoms with E-state index in [0.29, 0.717) is 12.0 Å². The van der Waals surface area contributed by atoms with E-state index < -0.39 is 0 Å². The molecule has 30 heavy (non-hydrogen) atoms. The summed E-state index contributed by atoms with van der Waals surface area (Å²) in [4.78, 5) is 11.6. The zero-order chi connectivity index (χ0) is 21.4. The van der Waals surface area contributed by atoms with Crippen molar-refractivity contribution in [3.8, 4) is 21.0 Å². The molecule has 158 valence electrons. The lowest BCUT2D eigenvalue weighted by Crippen LogP contribution is -2.60. The average Bonchev–Trinajstić information content (AvgIpc) is 3.16. The van der Waals surface area contributed by atoms with Gasteiger partial charge >= 0.3 is 0 Å². The van der Waals surface area contributed by atoms with Gasteiger partial charge in [0.05, 0.1) is 17.2 Å². The summed E-state index contributed by atoms with van der Waals surface area (Å²) in [6.07, 6.45) is 3.88. The predicted octanol–water partition coefficient (Wildman–Crippen LogP) is 5.09. The van der Waals surface area contributed by atoms with Crippen LogP contribution in [0.15, 0.2) is 48.7 Å². The molecule has 0 radical (unpaired) electrons. The molecule has 2 aromatic heterocycles. The van der Waals surface area contributed by atoms with Crippen molar-refractivity contribution in [2.75, 3.05) is 5.32 Å². The number of benzene rings is 1. The molecule has 1 aliphatic heterocycles. The Hall–Kier alpha value is -2.28. The average molecular weight is 423 g/mol. The van der Waals surface area contributed by atoms with E-state index in [2.05, 4.69) is 67.6 Å². The van der Waals surface area contributed by atoms with Gasteiger partial charge in [-0.3, -0.25) is 0 Å². The first kappa shape index (κ1) is 21.0. The number of hydrogen-bond donors (Lipinski definition) is 3. The molecule has 0 unspecified atom stereocenters. The molecule has 0 spiro atoms. The van der Waals surface area contributed by atoms with Gasteiger partial charge in [0.25, 0.3) is 0 Å². The van der Waals surface area contributed by atoms with Gasteiger partial charge in [-0.1, -0.05) is 24.3 Å². The van der Waals surface area contributed by atoms with Crippen LogP contribution < -0.4 is 10.6 Å². The van der Waals surface area contributed by atoms with Gasteiger partial charge in [0, 0.05) is 28.2 Å². The first-order valence-electron chi connectivity index (χ1n) is 10.4. The third-order valence-corrected chi connectivity index (χ3v) is 6.62. The van der Waals surface area contributed by atoms with Crippen molar-refractivity contribution in [2.24, 2.45) is 0 Å². The molecule has 1 fully saturated rings.